The minimum atomic E-state index is 0.0485. The summed E-state index contributed by atoms with van der Waals surface area (Å²) in [7, 11) is 0. The highest BCUT2D eigenvalue weighted by atomic mass is 32.1. The predicted molar refractivity (Wildman–Crippen MR) is 63.4 cm³/mol. The third-order valence-corrected chi connectivity index (χ3v) is 3.42. The maximum Gasteiger partial charge on any atom is 0.205 e. The molecule has 1 aliphatic rings. The van der Waals surface area contributed by atoms with Crippen molar-refractivity contribution in [3.63, 3.8) is 0 Å². The SMILES string of the molecule is CC(C)(C)c1nsc(N2CC(CN)C2)n1. The van der Waals surface area contributed by atoms with Crippen molar-refractivity contribution in [3.05, 3.63) is 5.82 Å². The molecule has 4 nitrogen and oxygen atoms in total. The van der Waals surface area contributed by atoms with Gasteiger partial charge in [0.2, 0.25) is 5.13 Å². The van der Waals surface area contributed by atoms with Gasteiger partial charge >= 0.3 is 0 Å². The average molecular weight is 226 g/mol. The van der Waals surface area contributed by atoms with E-state index < -0.39 is 0 Å². The maximum absolute atomic E-state index is 5.59. The van der Waals surface area contributed by atoms with E-state index in [-0.39, 0.29) is 5.41 Å². The quantitative estimate of drug-likeness (QED) is 0.824. The van der Waals surface area contributed by atoms with Crippen molar-refractivity contribution >= 4 is 16.7 Å². The zero-order valence-electron chi connectivity index (χ0n) is 9.53. The number of hydrogen-bond donors (Lipinski definition) is 1. The Bertz CT molecular complexity index is 335. The van der Waals surface area contributed by atoms with Gasteiger partial charge < -0.3 is 10.6 Å². The Labute approximate surface area is 94.7 Å². The molecule has 0 unspecified atom stereocenters. The molecule has 5 heteroatoms. The second-order valence-corrected chi connectivity index (χ2v) is 5.89. The van der Waals surface area contributed by atoms with Crippen LogP contribution in [0.1, 0.15) is 26.6 Å². The van der Waals surface area contributed by atoms with Gasteiger partial charge in [-0.2, -0.15) is 4.37 Å². The van der Waals surface area contributed by atoms with Gasteiger partial charge in [-0.1, -0.05) is 20.8 Å². The summed E-state index contributed by atoms with van der Waals surface area (Å²) in [6.07, 6.45) is 0. The van der Waals surface area contributed by atoms with Crippen molar-refractivity contribution in [1.29, 1.82) is 0 Å². The van der Waals surface area contributed by atoms with Gasteiger partial charge in [-0.05, 0) is 6.54 Å². The third kappa shape index (κ3) is 2.13. The molecule has 1 aromatic rings. The Hall–Kier alpha value is -0.680. The van der Waals surface area contributed by atoms with Crippen molar-refractivity contribution in [2.45, 2.75) is 26.2 Å². The van der Waals surface area contributed by atoms with E-state index in [2.05, 4.69) is 35.0 Å². The van der Waals surface area contributed by atoms with Gasteiger partial charge in [-0.25, -0.2) is 4.98 Å². The lowest BCUT2D eigenvalue weighted by molar-refractivity contribution is 0.419. The minimum Gasteiger partial charge on any atom is -0.346 e. The molecule has 2 heterocycles. The van der Waals surface area contributed by atoms with Crippen molar-refractivity contribution in [1.82, 2.24) is 9.36 Å². The van der Waals surface area contributed by atoms with Crippen LogP contribution in [0.25, 0.3) is 0 Å². The molecule has 84 valence electrons. The van der Waals surface area contributed by atoms with Crippen molar-refractivity contribution < 1.29 is 0 Å². The Morgan fingerprint density at radius 3 is 2.60 bits per heavy atom. The van der Waals surface area contributed by atoms with Crippen molar-refractivity contribution in [3.8, 4) is 0 Å². The highest BCUT2D eigenvalue weighted by Crippen LogP contribution is 2.29. The van der Waals surface area contributed by atoms with Crippen LogP contribution in [0.3, 0.4) is 0 Å². The van der Waals surface area contributed by atoms with Crippen LogP contribution in [-0.4, -0.2) is 29.0 Å². The molecule has 0 atom stereocenters. The minimum absolute atomic E-state index is 0.0485. The van der Waals surface area contributed by atoms with Crippen LogP contribution in [0, 0.1) is 5.92 Å². The molecule has 15 heavy (non-hydrogen) atoms. The van der Waals surface area contributed by atoms with Gasteiger partial charge in [0, 0.05) is 36.0 Å². The molecule has 0 aromatic carbocycles. The molecule has 0 radical (unpaired) electrons. The summed E-state index contributed by atoms with van der Waals surface area (Å²) in [5.41, 5.74) is 5.64. The summed E-state index contributed by atoms with van der Waals surface area (Å²) in [6, 6.07) is 0. The molecule has 0 bridgehead atoms. The lowest BCUT2D eigenvalue weighted by Gasteiger charge is -2.38. The number of nitrogens with zero attached hydrogens (tertiary/aromatic N) is 3. The zero-order chi connectivity index (χ0) is 11.1. The van der Waals surface area contributed by atoms with Gasteiger partial charge in [-0.15, -0.1) is 0 Å². The van der Waals surface area contributed by atoms with Crippen molar-refractivity contribution in [2.24, 2.45) is 11.7 Å². The average Bonchev–Trinajstić information content (AvgIpc) is 2.50. The Kier molecular flexibility index (Phi) is 2.68. The van der Waals surface area contributed by atoms with E-state index >= 15 is 0 Å². The molecule has 1 aliphatic heterocycles. The maximum atomic E-state index is 5.59. The van der Waals surface area contributed by atoms with Crippen LogP contribution in [-0.2, 0) is 5.41 Å². The van der Waals surface area contributed by atoms with Crippen LogP contribution in [0.15, 0.2) is 0 Å². The molecule has 1 saturated heterocycles. The Balaban J connectivity index is 2.03. The van der Waals surface area contributed by atoms with E-state index in [1.54, 1.807) is 0 Å². The van der Waals surface area contributed by atoms with Gasteiger partial charge in [0.05, 0.1) is 0 Å². The van der Waals surface area contributed by atoms with E-state index in [1.165, 1.54) is 11.5 Å². The normalized spacial score (nSPS) is 18.0. The summed E-state index contributed by atoms with van der Waals surface area (Å²) in [5.74, 6) is 1.59. The second-order valence-electron chi connectivity index (χ2n) is 5.16. The monoisotopic (exact) mass is 226 g/mol. The van der Waals surface area contributed by atoms with Crippen LogP contribution >= 0.6 is 11.5 Å². The molecule has 0 aliphatic carbocycles. The fourth-order valence-corrected chi connectivity index (χ4v) is 2.40. The van der Waals surface area contributed by atoms with E-state index in [0.29, 0.717) is 5.92 Å². The molecule has 0 amide bonds. The number of nitrogens with two attached hydrogens (primary N) is 1. The van der Waals surface area contributed by atoms with Gasteiger partial charge in [-0.3, -0.25) is 0 Å². The van der Waals surface area contributed by atoms with Crippen molar-refractivity contribution in [2.75, 3.05) is 24.5 Å². The van der Waals surface area contributed by atoms with Crippen LogP contribution < -0.4 is 10.6 Å². The molecule has 2 N–H and O–H groups in total. The lowest BCUT2D eigenvalue weighted by Crippen LogP contribution is -2.49. The standard InChI is InChI=1S/C10H18N4S/c1-10(2,3)8-12-9(15-13-8)14-5-7(4-11)6-14/h7H,4-6,11H2,1-3H3. The zero-order valence-corrected chi connectivity index (χ0v) is 10.3. The fourth-order valence-electron chi connectivity index (χ4n) is 1.52. The molecule has 0 spiro atoms. The van der Waals surface area contributed by atoms with E-state index in [9.17, 15) is 0 Å². The summed E-state index contributed by atoms with van der Waals surface area (Å²) >= 11 is 1.50. The molecular formula is C10H18N4S. The highest BCUT2D eigenvalue weighted by Gasteiger charge is 2.29. The molecule has 2 rings (SSSR count). The van der Waals surface area contributed by atoms with Crippen LogP contribution in [0.2, 0.25) is 0 Å². The highest BCUT2D eigenvalue weighted by molar-refractivity contribution is 7.09. The fraction of sp³-hybridized carbons (Fsp3) is 0.800. The first kappa shape index (κ1) is 10.8. The number of hydrogen-bond acceptors (Lipinski definition) is 5. The summed E-state index contributed by atoms with van der Waals surface area (Å²) in [5, 5.41) is 1.05. The topological polar surface area (TPSA) is 55.0 Å². The van der Waals surface area contributed by atoms with Crippen LogP contribution in [0.4, 0.5) is 5.13 Å². The van der Waals surface area contributed by atoms with E-state index in [1.807, 2.05) is 0 Å². The Morgan fingerprint density at radius 1 is 1.47 bits per heavy atom. The number of anilines is 1. The van der Waals surface area contributed by atoms with Gasteiger partial charge in [0.1, 0.15) is 5.82 Å². The van der Waals surface area contributed by atoms with E-state index in [0.717, 1.165) is 30.6 Å². The molecule has 1 fully saturated rings. The number of aromatic nitrogens is 2. The first-order valence-corrected chi connectivity index (χ1v) is 6.07. The lowest BCUT2D eigenvalue weighted by atomic mass is 9.96. The number of rotatable bonds is 2. The Morgan fingerprint density at radius 2 is 2.13 bits per heavy atom. The smallest absolute Gasteiger partial charge is 0.205 e. The summed E-state index contributed by atoms with van der Waals surface area (Å²) < 4.78 is 4.40. The first-order valence-electron chi connectivity index (χ1n) is 5.30. The third-order valence-electron chi connectivity index (χ3n) is 2.65. The van der Waals surface area contributed by atoms with Crippen LogP contribution in [0.5, 0.6) is 0 Å². The second kappa shape index (κ2) is 3.72. The summed E-state index contributed by atoms with van der Waals surface area (Å²) in [6.45, 7) is 9.26. The molecule has 0 saturated carbocycles. The summed E-state index contributed by atoms with van der Waals surface area (Å²) in [4.78, 5) is 6.82. The van der Waals surface area contributed by atoms with E-state index in [4.69, 9.17) is 5.73 Å². The van der Waals surface area contributed by atoms with Gasteiger partial charge in [0.25, 0.3) is 0 Å². The first-order chi connectivity index (χ1) is 7.00. The largest absolute Gasteiger partial charge is 0.346 e. The predicted octanol–water partition coefficient (Wildman–Crippen LogP) is 1.23. The molecule has 1 aromatic heterocycles. The molecular weight excluding hydrogens is 208 g/mol. The van der Waals surface area contributed by atoms with Gasteiger partial charge in [0.15, 0.2) is 0 Å².